The van der Waals surface area contributed by atoms with Gasteiger partial charge in [0.2, 0.25) is 5.95 Å². The van der Waals surface area contributed by atoms with Crippen LogP contribution < -0.4 is 4.72 Å². The normalized spacial score (nSPS) is 10.4. The Morgan fingerprint density at radius 1 is 1.58 bits per heavy atom. The summed E-state index contributed by atoms with van der Waals surface area (Å²) in [7, 11) is 0. The summed E-state index contributed by atoms with van der Waals surface area (Å²) in [5, 5.41) is 0. The number of fused-ring (bicyclic) bond motifs is 1. The SMILES string of the molecule is S=c1nc(NS)[nH]c2nc[nH]c12. The van der Waals surface area contributed by atoms with E-state index in [1.807, 2.05) is 0 Å². The van der Waals surface area contributed by atoms with Gasteiger partial charge in [-0.3, -0.25) is 0 Å². The molecule has 2 rings (SSSR count). The lowest BCUT2D eigenvalue weighted by Gasteiger charge is -1.96. The van der Waals surface area contributed by atoms with Crippen LogP contribution in [0.4, 0.5) is 5.95 Å². The van der Waals surface area contributed by atoms with Crippen molar-refractivity contribution in [3.05, 3.63) is 11.0 Å². The first-order chi connectivity index (χ1) is 5.81. The third-order valence-corrected chi connectivity index (χ3v) is 1.92. The molecule has 0 saturated heterocycles. The fourth-order valence-electron chi connectivity index (χ4n) is 0.903. The van der Waals surface area contributed by atoms with Crippen molar-refractivity contribution in [2.24, 2.45) is 0 Å². The Bertz CT molecular complexity index is 458. The highest BCUT2D eigenvalue weighted by molar-refractivity contribution is 7.81. The monoisotopic (exact) mass is 199 g/mol. The number of anilines is 1. The molecule has 0 fully saturated rings. The maximum atomic E-state index is 4.98. The molecule has 2 aromatic heterocycles. The second-order valence-electron chi connectivity index (χ2n) is 2.13. The summed E-state index contributed by atoms with van der Waals surface area (Å²) in [6.07, 6.45) is 1.56. The minimum Gasteiger partial charge on any atom is -0.341 e. The standard InChI is InChI=1S/C5H5N5S2/c11-4-2-3(7-1-6-2)8-5(9-4)10-12/h1,12H,(H3,6,7,8,9,10,11). The van der Waals surface area contributed by atoms with Gasteiger partial charge in [0.05, 0.1) is 6.33 Å². The van der Waals surface area contributed by atoms with Crippen LogP contribution in [0.15, 0.2) is 6.33 Å². The number of rotatable bonds is 1. The minimum atomic E-state index is 0.470. The van der Waals surface area contributed by atoms with Gasteiger partial charge in [-0.25, -0.2) is 9.97 Å². The van der Waals surface area contributed by atoms with Gasteiger partial charge < -0.3 is 14.7 Å². The predicted molar refractivity (Wildman–Crippen MR) is 51.7 cm³/mol. The van der Waals surface area contributed by atoms with E-state index < -0.39 is 0 Å². The van der Waals surface area contributed by atoms with Crippen LogP contribution in [-0.4, -0.2) is 19.9 Å². The van der Waals surface area contributed by atoms with Crippen molar-refractivity contribution >= 4 is 42.1 Å². The highest BCUT2D eigenvalue weighted by Crippen LogP contribution is 2.09. The molecule has 12 heavy (non-hydrogen) atoms. The minimum absolute atomic E-state index is 0.470. The Kier molecular flexibility index (Phi) is 1.74. The van der Waals surface area contributed by atoms with E-state index in [9.17, 15) is 0 Å². The van der Waals surface area contributed by atoms with Crippen molar-refractivity contribution in [1.82, 2.24) is 19.9 Å². The second kappa shape index (κ2) is 2.76. The number of aromatic amines is 2. The molecular formula is C5H5N5S2. The largest absolute Gasteiger partial charge is 0.341 e. The first-order valence-electron chi connectivity index (χ1n) is 3.15. The van der Waals surface area contributed by atoms with E-state index in [0.29, 0.717) is 16.2 Å². The molecule has 2 aromatic rings. The molecule has 0 amide bonds. The molecule has 0 aliphatic heterocycles. The number of imidazole rings is 1. The molecule has 7 heteroatoms. The number of aromatic nitrogens is 4. The summed E-state index contributed by atoms with van der Waals surface area (Å²) in [5.74, 6) is 0.489. The number of H-pyrrole nitrogens is 2. The number of hydrogen-bond donors (Lipinski definition) is 4. The van der Waals surface area contributed by atoms with E-state index in [1.165, 1.54) is 0 Å². The van der Waals surface area contributed by atoms with Crippen molar-refractivity contribution in [2.45, 2.75) is 0 Å². The molecule has 62 valence electrons. The van der Waals surface area contributed by atoms with E-state index in [2.05, 4.69) is 37.5 Å². The molecule has 5 nitrogen and oxygen atoms in total. The molecule has 0 aliphatic rings. The molecule has 0 aliphatic carbocycles. The van der Waals surface area contributed by atoms with E-state index in [1.54, 1.807) is 6.33 Å². The predicted octanol–water partition coefficient (Wildman–Crippen LogP) is 1.27. The van der Waals surface area contributed by atoms with Gasteiger partial charge in [0, 0.05) is 0 Å². The Hall–Kier alpha value is -1.08. The number of thiol groups is 1. The maximum absolute atomic E-state index is 4.98. The Morgan fingerprint density at radius 2 is 2.42 bits per heavy atom. The summed E-state index contributed by atoms with van der Waals surface area (Å²) < 4.78 is 3.03. The Balaban J connectivity index is 2.84. The Morgan fingerprint density at radius 3 is 3.17 bits per heavy atom. The zero-order valence-electron chi connectivity index (χ0n) is 5.83. The van der Waals surface area contributed by atoms with Crippen LogP contribution in [0.25, 0.3) is 11.2 Å². The average Bonchev–Trinajstić information content (AvgIpc) is 2.52. The molecular weight excluding hydrogens is 194 g/mol. The maximum Gasteiger partial charge on any atom is 0.213 e. The second-order valence-corrected chi connectivity index (χ2v) is 2.74. The van der Waals surface area contributed by atoms with E-state index in [-0.39, 0.29) is 0 Å². The van der Waals surface area contributed by atoms with Crippen LogP contribution in [-0.2, 0) is 0 Å². The van der Waals surface area contributed by atoms with Crippen LogP contribution >= 0.6 is 25.0 Å². The number of nitrogens with zero attached hydrogens (tertiary/aromatic N) is 2. The lowest BCUT2D eigenvalue weighted by atomic mass is 10.6. The molecule has 0 saturated carbocycles. The van der Waals surface area contributed by atoms with Gasteiger partial charge in [-0.05, 0) is 0 Å². The zero-order valence-corrected chi connectivity index (χ0v) is 7.54. The summed E-state index contributed by atoms with van der Waals surface area (Å²) in [6, 6.07) is 0. The molecule has 0 aromatic carbocycles. The van der Waals surface area contributed by atoms with Gasteiger partial charge in [-0.15, -0.1) is 0 Å². The zero-order chi connectivity index (χ0) is 8.55. The molecule has 0 unspecified atom stereocenters. The smallest absolute Gasteiger partial charge is 0.213 e. The quantitative estimate of drug-likeness (QED) is 0.412. The van der Waals surface area contributed by atoms with E-state index in [0.717, 1.165) is 5.52 Å². The average molecular weight is 199 g/mol. The van der Waals surface area contributed by atoms with Gasteiger partial charge in [0.1, 0.15) is 5.52 Å². The van der Waals surface area contributed by atoms with Crippen molar-refractivity contribution < 1.29 is 0 Å². The molecule has 0 spiro atoms. The fraction of sp³-hybridized carbons (Fsp3) is 0. The van der Waals surface area contributed by atoms with Gasteiger partial charge in [-0.1, -0.05) is 25.0 Å². The Labute approximate surface area is 78.2 Å². The van der Waals surface area contributed by atoms with Gasteiger partial charge in [-0.2, -0.15) is 0 Å². The third kappa shape index (κ3) is 1.07. The van der Waals surface area contributed by atoms with Crippen molar-refractivity contribution in [3.8, 4) is 0 Å². The fourth-order valence-corrected chi connectivity index (χ4v) is 1.26. The summed E-state index contributed by atoms with van der Waals surface area (Å²) in [6.45, 7) is 0. The summed E-state index contributed by atoms with van der Waals surface area (Å²) >= 11 is 8.82. The molecule has 2 heterocycles. The molecule has 3 N–H and O–H groups in total. The van der Waals surface area contributed by atoms with Crippen molar-refractivity contribution in [1.29, 1.82) is 0 Å². The van der Waals surface area contributed by atoms with Crippen LogP contribution in [0, 0.1) is 4.64 Å². The summed E-state index contributed by atoms with van der Waals surface area (Å²) in [5.41, 5.74) is 1.41. The summed E-state index contributed by atoms with van der Waals surface area (Å²) in [4.78, 5) is 13.8. The molecule has 0 bridgehead atoms. The van der Waals surface area contributed by atoms with Crippen molar-refractivity contribution in [2.75, 3.05) is 4.72 Å². The number of nitrogens with one attached hydrogen (secondary N) is 3. The van der Waals surface area contributed by atoms with Crippen molar-refractivity contribution in [3.63, 3.8) is 0 Å². The first-order valence-corrected chi connectivity index (χ1v) is 4.00. The van der Waals surface area contributed by atoms with Crippen LogP contribution in [0.3, 0.4) is 0 Å². The third-order valence-electron chi connectivity index (χ3n) is 1.41. The first kappa shape index (κ1) is 7.56. The van der Waals surface area contributed by atoms with Gasteiger partial charge in [0.25, 0.3) is 0 Å². The van der Waals surface area contributed by atoms with Crippen LogP contribution in [0.5, 0.6) is 0 Å². The lowest BCUT2D eigenvalue weighted by Crippen LogP contribution is -1.92. The van der Waals surface area contributed by atoms with Crippen LogP contribution in [0.2, 0.25) is 0 Å². The molecule has 0 atom stereocenters. The lowest BCUT2D eigenvalue weighted by molar-refractivity contribution is 1.20. The number of hydrogen-bond acceptors (Lipinski definition) is 5. The van der Waals surface area contributed by atoms with Gasteiger partial charge >= 0.3 is 0 Å². The van der Waals surface area contributed by atoms with E-state index >= 15 is 0 Å². The van der Waals surface area contributed by atoms with E-state index in [4.69, 9.17) is 12.2 Å². The topological polar surface area (TPSA) is 69.4 Å². The van der Waals surface area contributed by atoms with Crippen LogP contribution in [0.1, 0.15) is 0 Å². The molecule has 0 radical (unpaired) electrons. The highest BCUT2D eigenvalue weighted by atomic mass is 32.1. The van der Waals surface area contributed by atoms with Gasteiger partial charge in [0.15, 0.2) is 10.3 Å². The highest BCUT2D eigenvalue weighted by Gasteiger charge is 2.00.